The van der Waals surface area contributed by atoms with Crippen LogP contribution in [-0.4, -0.2) is 26.6 Å². The Kier molecular flexibility index (Phi) is 4.73. The molecule has 1 saturated heterocycles. The number of thiocarbonyl (C=S) groups is 1. The molecule has 0 aliphatic carbocycles. The van der Waals surface area contributed by atoms with E-state index in [-0.39, 0.29) is 11.6 Å². The highest BCUT2D eigenvalue weighted by atomic mass is 32.2. The van der Waals surface area contributed by atoms with Crippen molar-refractivity contribution in [3.05, 3.63) is 56.7 Å². The number of thioether (sulfide) groups is 1. The van der Waals surface area contributed by atoms with Gasteiger partial charge in [-0.25, -0.2) is 0 Å². The Morgan fingerprint density at radius 1 is 1.36 bits per heavy atom. The van der Waals surface area contributed by atoms with Crippen LogP contribution in [0.15, 0.2) is 39.7 Å². The van der Waals surface area contributed by atoms with Crippen LogP contribution in [0.4, 0.5) is 5.69 Å². The van der Waals surface area contributed by atoms with E-state index in [4.69, 9.17) is 16.6 Å². The molecule has 0 radical (unpaired) electrons. The number of amides is 1. The standard InChI is InChI=1S/C17H14N2O4S2/c1-3-18-16(20)15(25-17(18)24)9-11-5-7-14(23-11)12-6-4-10(2)8-13(12)19(21)22/h4-9H,3H2,1-2H3/b15-9+. The lowest BCUT2D eigenvalue weighted by atomic mass is 10.1. The second-order valence-corrected chi connectivity index (χ2v) is 7.08. The number of carbonyl (C=O) groups is 1. The van der Waals surface area contributed by atoms with E-state index in [1.165, 1.54) is 22.7 Å². The zero-order valence-electron chi connectivity index (χ0n) is 13.5. The molecule has 3 rings (SSSR count). The highest BCUT2D eigenvalue weighted by Crippen LogP contribution is 2.35. The van der Waals surface area contributed by atoms with Crippen molar-refractivity contribution in [1.82, 2.24) is 4.90 Å². The van der Waals surface area contributed by atoms with Gasteiger partial charge in [-0.05, 0) is 37.6 Å². The average Bonchev–Trinajstić information content (AvgIpc) is 3.12. The van der Waals surface area contributed by atoms with Gasteiger partial charge in [-0.1, -0.05) is 30.0 Å². The first-order valence-corrected chi connectivity index (χ1v) is 8.73. The third-order valence-electron chi connectivity index (χ3n) is 3.71. The van der Waals surface area contributed by atoms with Crippen LogP contribution >= 0.6 is 24.0 Å². The highest BCUT2D eigenvalue weighted by molar-refractivity contribution is 8.26. The third kappa shape index (κ3) is 3.35. The minimum atomic E-state index is -0.434. The van der Waals surface area contributed by atoms with E-state index in [1.54, 1.807) is 37.3 Å². The van der Waals surface area contributed by atoms with E-state index in [2.05, 4.69) is 0 Å². The number of rotatable bonds is 4. The SMILES string of the molecule is CCN1C(=O)/C(=C\c2ccc(-c3ccc(C)cc3[N+](=O)[O-])o2)SC1=S. The number of nitro groups is 1. The molecule has 128 valence electrons. The molecular weight excluding hydrogens is 360 g/mol. The van der Waals surface area contributed by atoms with Crippen LogP contribution in [0, 0.1) is 17.0 Å². The summed E-state index contributed by atoms with van der Waals surface area (Å²) in [6, 6.07) is 8.29. The van der Waals surface area contributed by atoms with Crippen molar-refractivity contribution in [3.63, 3.8) is 0 Å². The number of nitro benzene ring substituents is 1. The van der Waals surface area contributed by atoms with Crippen molar-refractivity contribution >= 4 is 46.0 Å². The maximum atomic E-state index is 12.2. The lowest BCUT2D eigenvalue weighted by Crippen LogP contribution is -2.27. The molecule has 1 aliphatic heterocycles. The third-order valence-corrected chi connectivity index (χ3v) is 5.08. The molecule has 6 nitrogen and oxygen atoms in total. The summed E-state index contributed by atoms with van der Waals surface area (Å²) < 4.78 is 6.22. The van der Waals surface area contributed by atoms with Crippen molar-refractivity contribution in [2.24, 2.45) is 0 Å². The minimum Gasteiger partial charge on any atom is -0.456 e. The molecule has 0 saturated carbocycles. The first-order valence-electron chi connectivity index (χ1n) is 7.51. The number of carbonyl (C=O) groups excluding carboxylic acids is 1. The summed E-state index contributed by atoms with van der Waals surface area (Å²) in [6.45, 7) is 4.16. The van der Waals surface area contributed by atoms with Crippen LogP contribution in [0.3, 0.4) is 0 Å². The lowest BCUT2D eigenvalue weighted by molar-refractivity contribution is -0.384. The Hall–Kier alpha value is -2.45. The Morgan fingerprint density at radius 2 is 2.12 bits per heavy atom. The van der Waals surface area contributed by atoms with Gasteiger partial charge in [-0.15, -0.1) is 0 Å². The summed E-state index contributed by atoms with van der Waals surface area (Å²) in [4.78, 5) is 25.1. The number of hydrogen-bond donors (Lipinski definition) is 0. The maximum absolute atomic E-state index is 12.2. The molecule has 0 unspecified atom stereocenters. The molecule has 0 spiro atoms. The lowest BCUT2D eigenvalue weighted by Gasteiger charge is -2.09. The second-order valence-electron chi connectivity index (χ2n) is 5.41. The molecule has 1 aromatic carbocycles. The zero-order chi connectivity index (χ0) is 18.1. The fraction of sp³-hybridized carbons (Fsp3) is 0.176. The van der Waals surface area contributed by atoms with Gasteiger partial charge in [0.15, 0.2) is 0 Å². The predicted octanol–water partition coefficient (Wildman–Crippen LogP) is 4.38. The van der Waals surface area contributed by atoms with Gasteiger partial charge in [0.2, 0.25) is 0 Å². The highest BCUT2D eigenvalue weighted by Gasteiger charge is 2.31. The van der Waals surface area contributed by atoms with Crippen LogP contribution in [0.5, 0.6) is 0 Å². The summed E-state index contributed by atoms with van der Waals surface area (Å²) >= 11 is 6.39. The fourth-order valence-electron chi connectivity index (χ4n) is 2.48. The van der Waals surface area contributed by atoms with E-state index in [1.807, 2.05) is 6.92 Å². The first kappa shape index (κ1) is 17.4. The number of likely N-dealkylation sites (N-methyl/N-ethyl adjacent to an activating group) is 1. The molecule has 1 amide bonds. The van der Waals surface area contributed by atoms with Crippen LogP contribution in [-0.2, 0) is 4.79 Å². The van der Waals surface area contributed by atoms with Gasteiger partial charge in [0.05, 0.1) is 15.4 Å². The van der Waals surface area contributed by atoms with Crippen molar-refractivity contribution in [2.75, 3.05) is 6.54 Å². The topological polar surface area (TPSA) is 76.6 Å². The zero-order valence-corrected chi connectivity index (χ0v) is 15.1. The summed E-state index contributed by atoms with van der Waals surface area (Å²) in [6.07, 6.45) is 1.61. The molecule has 8 heteroatoms. The van der Waals surface area contributed by atoms with Crippen LogP contribution in [0.1, 0.15) is 18.2 Å². The number of benzene rings is 1. The number of aryl methyl sites for hydroxylation is 1. The Bertz CT molecular complexity index is 917. The van der Waals surface area contributed by atoms with Crippen LogP contribution < -0.4 is 0 Å². The molecule has 1 aromatic heterocycles. The monoisotopic (exact) mass is 374 g/mol. The molecule has 2 aromatic rings. The van der Waals surface area contributed by atoms with Gasteiger partial charge in [0, 0.05) is 18.7 Å². The second kappa shape index (κ2) is 6.81. The molecule has 1 aliphatic rings. The maximum Gasteiger partial charge on any atom is 0.280 e. The van der Waals surface area contributed by atoms with Gasteiger partial charge in [-0.3, -0.25) is 19.8 Å². The fourth-order valence-corrected chi connectivity index (χ4v) is 3.84. The van der Waals surface area contributed by atoms with Crippen LogP contribution in [0.2, 0.25) is 0 Å². The van der Waals surface area contributed by atoms with Crippen molar-refractivity contribution in [1.29, 1.82) is 0 Å². The van der Waals surface area contributed by atoms with Crippen molar-refractivity contribution in [2.45, 2.75) is 13.8 Å². The summed E-state index contributed by atoms with van der Waals surface area (Å²) in [5.74, 6) is 0.669. The predicted molar refractivity (Wildman–Crippen MR) is 101 cm³/mol. The molecule has 0 bridgehead atoms. The Labute approximate surface area is 153 Å². The summed E-state index contributed by atoms with van der Waals surface area (Å²) in [5.41, 5.74) is 1.18. The molecular formula is C17H14N2O4S2. The number of nitrogens with zero attached hydrogens (tertiary/aromatic N) is 2. The molecule has 0 atom stereocenters. The molecule has 0 N–H and O–H groups in total. The number of furan rings is 1. The quantitative estimate of drug-likeness (QED) is 0.342. The van der Waals surface area contributed by atoms with E-state index in [0.717, 1.165) is 5.56 Å². The Morgan fingerprint density at radius 3 is 2.76 bits per heavy atom. The largest absolute Gasteiger partial charge is 0.456 e. The van der Waals surface area contributed by atoms with Gasteiger partial charge in [-0.2, -0.15) is 0 Å². The van der Waals surface area contributed by atoms with Gasteiger partial charge in [0.25, 0.3) is 11.6 Å². The minimum absolute atomic E-state index is 0.0155. The van der Waals surface area contributed by atoms with Gasteiger partial charge in [0.1, 0.15) is 15.8 Å². The first-order chi connectivity index (χ1) is 11.9. The normalized spacial score (nSPS) is 16.1. The average molecular weight is 374 g/mol. The summed E-state index contributed by atoms with van der Waals surface area (Å²) in [7, 11) is 0. The van der Waals surface area contributed by atoms with E-state index in [9.17, 15) is 14.9 Å². The van der Waals surface area contributed by atoms with E-state index < -0.39 is 4.92 Å². The van der Waals surface area contributed by atoms with Gasteiger partial charge < -0.3 is 4.42 Å². The van der Waals surface area contributed by atoms with E-state index >= 15 is 0 Å². The molecule has 2 heterocycles. The molecule has 25 heavy (non-hydrogen) atoms. The summed E-state index contributed by atoms with van der Waals surface area (Å²) in [5, 5.41) is 11.3. The van der Waals surface area contributed by atoms with Crippen LogP contribution in [0.25, 0.3) is 17.4 Å². The number of hydrogen-bond acceptors (Lipinski definition) is 6. The molecule has 1 fully saturated rings. The van der Waals surface area contributed by atoms with Gasteiger partial charge >= 0.3 is 0 Å². The van der Waals surface area contributed by atoms with Crippen molar-refractivity contribution < 1.29 is 14.1 Å². The van der Waals surface area contributed by atoms with Crippen molar-refractivity contribution in [3.8, 4) is 11.3 Å². The van der Waals surface area contributed by atoms with E-state index in [0.29, 0.717) is 32.9 Å². The smallest absolute Gasteiger partial charge is 0.280 e. The Balaban J connectivity index is 1.95.